The van der Waals surface area contributed by atoms with Gasteiger partial charge in [-0.15, -0.1) is 0 Å². The molecule has 1 atom stereocenters. The fourth-order valence-electron chi connectivity index (χ4n) is 1.16. The predicted octanol–water partition coefficient (Wildman–Crippen LogP) is 1.31. The largest absolute Gasteiger partial charge is 0.447 e. The SMILES string of the molecule is CC(C)C(C)CNS(=O)(=O)c1ccc(CN)o1. The van der Waals surface area contributed by atoms with Gasteiger partial charge in [0, 0.05) is 6.54 Å². The molecule has 0 aliphatic heterocycles. The Morgan fingerprint density at radius 3 is 2.47 bits per heavy atom. The van der Waals surface area contributed by atoms with Gasteiger partial charge < -0.3 is 10.2 Å². The number of hydrogen-bond acceptors (Lipinski definition) is 4. The molecular formula is C11H20N2O3S. The van der Waals surface area contributed by atoms with Crippen molar-refractivity contribution in [3.05, 3.63) is 17.9 Å². The quantitative estimate of drug-likeness (QED) is 0.807. The normalized spacial score (nSPS) is 14.2. The fraction of sp³-hybridized carbons (Fsp3) is 0.636. The lowest BCUT2D eigenvalue weighted by atomic mass is 9.99. The van der Waals surface area contributed by atoms with Crippen molar-refractivity contribution in [2.24, 2.45) is 17.6 Å². The molecule has 0 spiro atoms. The third-order valence-corrected chi connectivity index (χ3v) is 4.13. The third kappa shape index (κ3) is 3.83. The van der Waals surface area contributed by atoms with Gasteiger partial charge in [-0.05, 0) is 24.0 Å². The maximum atomic E-state index is 11.8. The summed E-state index contributed by atoms with van der Waals surface area (Å²) in [7, 11) is -3.55. The number of rotatable bonds is 6. The van der Waals surface area contributed by atoms with E-state index >= 15 is 0 Å². The molecule has 0 amide bonds. The molecule has 17 heavy (non-hydrogen) atoms. The minimum absolute atomic E-state index is 0.0751. The molecule has 5 nitrogen and oxygen atoms in total. The van der Waals surface area contributed by atoms with E-state index in [1.54, 1.807) is 6.07 Å². The Labute approximate surface area is 102 Å². The molecule has 1 aromatic rings. The second kappa shape index (κ2) is 5.66. The standard InChI is InChI=1S/C11H20N2O3S/c1-8(2)9(3)7-13-17(14,15)11-5-4-10(6-12)16-11/h4-5,8-9,13H,6-7,12H2,1-3H3. The van der Waals surface area contributed by atoms with Gasteiger partial charge in [-0.25, -0.2) is 13.1 Å². The molecule has 3 N–H and O–H groups in total. The Morgan fingerprint density at radius 1 is 1.35 bits per heavy atom. The topological polar surface area (TPSA) is 85.3 Å². The van der Waals surface area contributed by atoms with E-state index in [2.05, 4.69) is 18.6 Å². The van der Waals surface area contributed by atoms with E-state index < -0.39 is 10.0 Å². The average Bonchev–Trinajstić information content (AvgIpc) is 2.75. The molecule has 0 aliphatic rings. The number of furan rings is 1. The molecule has 0 saturated carbocycles. The van der Waals surface area contributed by atoms with Crippen molar-refractivity contribution in [1.29, 1.82) is 0 Å². The van der Waals surface area contributed by atoms with E-state index in [1.165, 1.54) is 6.07 Å². The van der Waals surface area contributed by atoms with Crippen LogP contribution in [0.1, 0.15) is 26.5 Å². The smallest absolute Gasteiger partial charge is 0.273 e. The van der Waals surface area contributed by atoms with Crippen molar-refractivity contribution >= 4 is 10.0 Å². The van der Waals surface area contributed by atoms with E-state index in [9.17, 15) is 8.42 Å². The summed E-state index contributed by atoms with van der Waals surface area (Å²) in [5, 5.41) is -0.0751. The minimum Gasteiger partial charge on any atom is -0.447 e. The monoisotopic (exact) mass is 260 g/mol. The summed E-state index contributed by atoms with van der Waals surface area (Å²) in [5.74, 6) is 1.16. The second-order valence-corrected chi connectivity index (χ2v) is 6.20. The molecule has 0 aliphatic carbocycles. The summed E-state index contributed by atoms with van der Waals surface area (Å²) in [4.78, 5) is 0. The van der Waals surface area contributed by atoms with Crippen molar-refractivity contribution in [2.75, 3.05) is 6.54 Å². The van der Waals surface area contributed by atoms with Crippen LogP contribution in [0.25, 0.3) is 0 Å². The van der Waals surface area contributed by atoms with Crippen LogP contribution in [0.15, 0.2) is 21.6 Å². The van der Waals surface area contributed by atoms with Crippen LogP contribution in [0.5, 0.6) is 0 Å². The first-order valence-electron chi connectivity index (χ1n) is 5.65. The maximum absolute atomic E-state index is 11.8. The average molecular weight is 260 g/mol. The lowest BCUT2D eigenvalue weighted by molar-refractivity contribution is 0.396. The molecular weight excluding hydrogens is 240 g/mol. The number of hydrogen-bond donors (Lipinski definition) is 2. The van der Waals surface area contributed by atoms with Gasteiger partial charge in [-0.2, -0.15) is 0 Å². The first kappa shape index (κ1) is 14.2. The number of nitrogens with two attached hydrogens (primary N) is 1. The van der Waals surface area contributed by atoms with Crippen molar-refractivity contribution in [3.63, 3.8) is 0 Å². The highest BCUT2D eigenvalue weighted by molar-refractivity contribution is 7.89. The first-order chi connectivity index (χ1) is 7.86. The molecule has 0 radical (unpaired) electrons. The zero-order valence-corrected chi connectivity index (χ0v) is 11.3. The third-order valence-electron chi connectivity index (χ3n) is 2.84. The highest BCUT2D eigenvalue weighted by Gasteiger charge is 2.19. The number of nitrogens with one attached hydrogen (secondary N) is 1. The summed E-state index contributed by atoms with van der Waals surface area (Å²) in [6.07, 6.45) is 0. The van der Waals surface area contributed by atoms with Crippen LogP contribution in [0, 0.1) is 11.8 Å². The Morgan fingerprint density at radius 2 is 2.00 bits per heavy atom. The Balaban J connectivity index is 2.69. The summed E-state index contributed by atoms with van der Waals surface area (Å²) < 4.78 is 31.3. The van der Waals surface area contributed by atoms with Crippen LogP contribution in [0.4, 0.5) is 0 Å². The van der Waals surface area contributed by atoms with Gasteiger partial charge >= 0.3 is 0 Å². The van der Waals surface area contributed by atoms with Gasteiger partial charge in [0.2, 0.25) is 5.09 Å². The van der Waals surface area contributed by atoms with Gasteiger partial charge in [0.15, 0.2) is 0 Å². The molecule has 6 heteroatoms. The van der Waals surface area contributed by atoms with E-state index in [0.29, 0.717) is 18.2 Å². The molecule has 98 valence electrons. The van der Waals surface area contributed by atoms with E-state index in [-0.39, 0.29) is 17.6 Å². The van der Waals surface area contributed by atoms with Crippen molar-refractivity contribution in [3.8, 4) is 0 Å². The molecule has 1 rings (SSSR count). The zero-order chi connectivity index (χ0) is 13.1. The van der Waals surface area contributed by atoms with E-state index in [0.717, 1.165) is 0 Å². The van der Waals surface area contributed by atoms with Crippen molar-refractivity contribution in [2.45, 2.75) is 32.4 Å². The molecule has 0 fully saturated rings. The van der Waals surface area contributed by atoms with Gasteiger partial charge in [0.05, 0.1) is 6.54 Å². The molecule has 1 unspecified atom stereocenters. The van der Waals surface area contributed by atoms with Crippen LogP contribution in [-0.4, -0.2) is 15.0 Å². The maximum Gasteiger partial charge on any atom is 0.273 e. The molecule has 0 bridgehead atoms. The molecule has 1 heterocycles. The predicted molar refractivity (Wildman–Crippen MR) is 65.8 cm³/mol. The fourth-order valence-corrected chi connectivity index (χ4v) is 2.25. The Hall–Kier alpha value is -0.850. The first-order valence-corrected chi connectivity index (χ1v) is 7.13. The van der Waals surface area contributed by atoms with Crippen LogP contribution < -0.4 is 10.5 Å². The van der Waals surface area contributed by atoms with Gasteiger partial charge in [0.25, 0.3) is 10.0 Å². The van der Waals surface area contributed by atoms with Crippen molar-refractivity contribution < 1.29 is 12.8 Å². The summed E-state index contributed by atoms with van der Waals surface area (Å²) in [6, 6.07) is 2.99. The highest BCUT2D eigenvalue weighted by atomic mass is 32.2. The van der Waals surface area contributed by atoms with Crippen LogP contribution >= 0.6 is 0 Å². The minimum atomic E-state index is -3.55. The Bertz CT molecular complexity index is 451. The summed E-state index contributed by atoms with van der Waals surface area (Å²) >= 11 is 0. The van der Waals surface area contributed by atoms with Gasteiger partial charge in [0.1, 0.15) is 5.76 Å². The lowest BCUT2D eigenvalue weighted by Gasteiger charge is -2.15. The molecule has 0 aromatic carbocycles. The Kier molecular flexibility index (Phi) is 4.73. The zero-order valence-electron chi connectivity index (χ0n) is 10.4. The van der Waals surface area contributed by atoms with Crippen LogP contribution in [0.3, 0.4) is 0 Å². The van der Waals surface area contributed by atoms with E-state index in [4.69, 9.17) is 10.2 Å². The van der Waals surface area contributed by atoms with Crippen LogP contribution in [0.2, 0.25) is 0 Å². The summed E-state index contributed by atoms with van der Waals surface area (Å²) in [5.41, 5.74) is 5.36. The summed E-state index contributed by atoms with van der Waals surface area (Å²) in [6.45, 7) is 6.70. The van der Waals surface area contributed by atoms with Crippen LogP contribution in [-0.2, 0) is 16.6 Å². The number of sulfonamides is 1. The van der Waals surface area contributed by atoms with E-state index in [1.807, 2.05) is 6.92 Å². The second-order valence-electron chi connectivity index (χ2n) is 4.50. The lowest BCUT2D eigenvalue weighted by Crippen LogP contribution is -2.30. The van der Waals surface area contributed by atoms with Gasteiger partial charge in [-0.1, -0.05) is 20.8 Å². The van der Waals surface area contributed by atoms with Crippen molar-refractivity contribution in [1.82, 2.24) is 4.72 Å². The molecule has 1 aromatic heterocycles. The highest BCUT2D eigenvalue weighted by Crippen LogP contribution is 2.14. The molecule has 0 saturated heterocycles. The van der Waals surface area contributed by atoms with Gasteiger partial charge in [-0.3, -0.25) is 0 Å².